The van der Waals surface area contributed by atoms with Crippen molar-refractivity contribution in [3.63, 3.8) is 0 Å². The molecule has 2 nitrogen and oxygen atoms in total. The van der Waals surface area contributed by atoms with Gasteiger partial charge in [0.25, 0.3) is 0 Å². The van der Waals surface area contributed by atoms with Crippen molar-refractivity contribution in [2.24, 2.45) is 11.7 Å². The van der Waals surface area contributed by atoms with Gasteiger partial charge in [-0.15, -0.1) is 0 Å². The molecule has 0 spiro atoms. The zero-order chi connectivity index (χ0) is 10.8. The number of anilines is 1. The van der Waals surface area contributed by atoms with Crippen LogP contribution in [0.5, 0.6) is 0 Å². The van der Waals surface area contributed by atoms with Crippen LogP contribution in [-0.4, -0.2) is 12.6 Å². The molecule has 1 aliphatic rings. The Morgan fingerprint density at radius 2 is 2.40 bits per heavy atom. The van der Waals surface area contributed by atoms with Crippen molar-refractivity contribution >= 4 is 17.3 Å². The van der Waals surface area contributed by atoms with Crippen LogP contribution in [0, 0.1) is 5.92 Å². The lowest BCUT2D eigenvalue weighted by Gasteiger charge is -2.19. The van der Waals surface area contributed by atoms with Gasteiger partial charge in [0, 0.05) is 16.8 Å². The summed E-state index contributed by atoms with van der Waals surface area (Å²) in [5, 5.41) is 4.35. The molecule has 0 aromatic heterocycles. The second-order valence-corrected chi connectivity index (χ2v) is 4.75. The summed E-state index contributed by atoms with van der Waals surface area (Å²) < 4.78 is 0. The molecule has 2 rings (SSSR count). The van der Waals surface area contributed by atoms with E-state index < -0.39 is 0 Å². The van der Waals surface area contributed by atoms with E-state index in [1.165, 1.54) is 11.3 Å². The maximum atomic E-state index is 5.96. The number of rotatable bonds is 3. The smallest absolute Gasteiger partial charge is 0.0410 e. The van der Waals surface area contributed by atoms with Gasteiger partial charge in [0.05, 0.1) is 0 Å². The summed E-state index contributed by atoms with van der Waals surface area (Å²) in [6.45, 7) is 3.01. The van der Waals surface area contributed by atoms with E-state index in [0.29, 0.717) is 12.0 Å². The fraction of sp³-hybridized carbons (Fsp3) is 0.500. The molecule has 0 saturated heterocycles. The first kappa shape index (κ1) is 10.8. The third-order valence-corrected chi connectivity index (χ3v) is 3.39. The molecule has 3 heteroatoms. The van der Waals surface area contributed by atoms with Gasteiger partial charge in [-0.3, -0.25) is 0 Å². The highest BCUT2D eigenvalue weighted by Crippen LogP contribution is 2.31. The standard InChI is InChI=1S/C12H17ClN2/c1-8(4-5-14)12-7-9-6-10(13)2-3-11(9)15-12/h2-3,6,8,12,15H,4-5,7,14H2,1H3. The number of benzene rings is 1. The van der Waals surface area contributed by atoms with E-state index in [9.17, 15) is 0 Å². The van der Waals surface area contributed by atoms with E-state index >= 15 is 0 Å². The Balaban J connectivity index is 2.08. The first-order valence-corrected chi connectivity index (χ1v) is 5.83. The summed E-state index contributed by atoms with van der Waals surface area (Å²) in [4.78, 5) is 0. The largest absolute Gasteiger partial charge is 0.381 e. The monoisotopic (exact) mass is 224 g/mol. The van der Waals surface area contributed by atoms with Crippen molar-refractivity contribution in [2.75, 3.05) is 11.9 Å². The third-order valence-electron chi connectivity index (χ3n) is 3.16. The van der Waals surface area contributed by atoms with Crippen molar-refractivity contribution in [2.45, 2.75) is 25.8 Å². The van der Waals surface area contributed by atoms with Crippen molar-refractivity contribution in [3.8, 4) is 0 Å². The quantitative estimate of drug-likeness (QED) is 0.829. The lowest BCUT2D eigenvalue weighted by molar-refractivity contribution is 0.464. The summed E-state index contributed by atoms with van der Waals surface area (Å²) in [5.74, 6) is 0.612. The Hall–Kier alpha value is -0.730. The second kappa shape index (κ2) is 4.42. The van der Waals surface area contributed by atoms with E-state index in [1.807, 2.05) is 6.07 Å². The molecule has 1 aromatic carbocycles. The summed E-state index contributed by atoms with van der Waals surface area (Å²) in [6, 6.07) is 6.57. The van der Waals surface area contributed by atoms with Crippen molar-refractivity contribution in [3.05, 3.63) is 28.8 Å². The van der Waals surface area contributed by atoms with Gasteiger partial charge in [0.1, 0.15) is 0 Å². The zero-order valence-corrected chi connectivity index (χ0v) is 9.72. The molecule has 3 N–H and O–H groups in total. The van der Waals surface area contributed by atoms with Crippen LogP contribution in [0.4, 0.5) is 5.69 Å². The number of nitrogens with one attached hydrogen (secondary N) is 1. The highest BCUT2D eigenvalue weighted by molar-refractivity contribution is 6.30. The Morgan fingerprint density at radius 3 is 3.13 bits per heavy atom. The van der Waals surface area contributed by atoms with Gasteiger partial charge in [-0.05, 0) is 49.1 Å². The molecular weight excluding hydrogens is 208 g/mol. The third kappa shape index (κ3) is 2.27. The summed E-state index contributed by atoms with van der Waals surface area (Å²) in [7, 11) is 0. The number of nitrogens with two attached hydrogens (primary N) is 1. The minimum atomic E-state index is 0.516. The van der Waals surface area contributed by atoms with Gasteiger partial charge in [0.2, 0.25) is 0 Å². The van der Waals surface area contributed by atoms with E-state index in [-0.39, 0.29) is 0 Å². The summed E-state index contributed by atoms with van der Waals surface area (Å²) in [5.41, 5.74) is 8.14. The zero-order valence-electron chi connectivity index (χ0n) is 8.96. The minimum Gasteiger partial charge on any atom is -0.381 e. The van der Waals surface area contributed by atoms with Crippen molar-refractivity contribution in [1.82, 2.24) is 0 Å². The topological polar surface area (TPSA) is 38.0 Å². The maximum Gasteiger partial charge on any atom is 0.0410 e. The molecule has 0 radical (unpaired) electrons. The molecule has 82 valence electrons. The molecule has 1 aliphatic heterocycles. The molecular formula is C12H17ClN2. The molecule has 0 amide bonds. The molecule has 1 aromatic rings. The first-order chi connectivity index (χ1) is 7.20. The average molecular weight is 225 g/mol. The van der Waals surface area contributed by atoms with Gasteiger partial charge in [0.15, 0.2) is 0 Å². The van der Waals surface area contributed by atoms with Crippen LogP contribution < -0.4 is 11.1 Å². The maximum absolute atomic E-state index is 5.96. The lowest BCUT2D eigenvalue weighted by Crippen LogP contribution is -2.26. The van der Waals surface area contributed by atoms with Gasteiger partial charge in [-0.25, -0.2) is 0 Å². The Morgan fingerprint density at radius 1 is 1.60 bits per heavy atom. The molecule has 0 fully saturated rings. The van der Waals surface area contributed by atoms with Crippen LogP contribution in [-0.2, 0) is 6.42 Å². The van der Waals surface area contributed by atoms with Crippen LogP contribution in [0.25, 0.3) is 0 Å². The Kier molecular flexibility index (Phi) is 3.17. The van der Waals surface area contributed by atoms with Crippen molar-refractivity contribution < 1.29 is 0 Å². The fourth-order valence-corrected chi connectivity index (χ4v) is 2.36. The molecule has 0 aliphatic carbocycles. The first-order valence-electron chi connectivity index (χ1n) is 5.45. The van der Waals surface area contributed by atoms with E-state index in [0.717, 1.165) is 24.4 Å². The van der Waals surface area contributed by atoms with E-state index in [2.05, 4.69) is 24.4 Å². The molecule has 2 atom stereocenters. The lowest BCUT2D eigenvalue weighted by atomic mass is 9.96. The molecule has 15 heavy (non-hydrogen) atoms. The molecule has 1 heterocycles. The molecule has 0 bridgehead atoms. The highest BCUT2D eigenvalue weighted by Gasteiger charge is 2.24. The van der Waals surface area contributed by atoms with Crippen LogP contribution in [0.2, 0.25) is 5.02 Å². The van der Waals surface area contributed by atoms with Gasteiger partial charge in [-0.2, -0.15) is 0 Å². The van der Waals surface area contributed by atoms with Crippen LogP contribution >= 0.6 is 11.6 Å². The second-order valence-electron chi connectivity index (χ2n) is 4.31. The minimum absolute atomic E-state index is 0.516. The molecule has 0 saturated carbocycles. The van der Waals surface area contributed by atoms with Gasteiger partial charge >= 0.3 is 0 Å². The van der Waals surface area contributed by atoms with Crippen LogP contribution in [0.3, 0.4) is 0 Å². The average Bonchev–Trinajstić information content (AvgIpc) is 2.60. The summed E-state index contributed by atoms with van der Waals surface area (Å²) >= 11 is 5.96. The normalized spacial score (nSPS) is 20.9. The fourth-order valence-electron chi connectivity index (χ4n) is 2.17. The Bertz CT molecular complexity index is 351. The number of hydrogen-bond acceptors (Lipinski definition) is 2. The van der Waals surface area contributed by atoms with Gasteiger partial charge in [-0.1, -0.05) is 18.5 Å². The van der Waals surface area contributed by atoms with Crippen LogP contribution in [0.15, 0.2) is 18.2 Å². The Labute approximate surface area is 95.8 Å². The van der Waals surface area contributed by atoms with E-state index in [4.69, 9.17) is 17.3 Å². The predicted octanol–water partition coefficient (Wildman–Crippen LogP) is 2.66. The summed E-state index contributed by atoms with van der Waals surface area (Å²) in [6.07, 6.45) is 2.14. The van der Waals surface area contributed by atoms with Gasteiger partial charge < -0.3 is 11.1 Å². The number of halogens is 1. The number of fused-ring (bicyclic) bond motifs is 1. The van der Waals surface area contributed by atoms with Crippen LogP contribution in [0.1, 0.15) is 18.9 Å². The highest BCUT2D eigenvalue weighted by atomic mass is 35.5. The molecule has 2 unspecified atom stereocenters. The van der Waals surface area contributed by atoms with E-state index in [1.54, 1.807) is 0 Å². The number of hydrogen-bond donors (Lipinski definition) is 2. The van der Waals surface area contributed by atoms with Crippen molar-refractivity contribution in [1.29, 1.82) is 0 Å². The predicted molar refractivity (Wildman–Crippen MR) is 65.4 cm³/mol. The SMILES string of the molecule is CC(CCN)C1Cc2cc(Cl)ccc2N1.